The molecule has 1 aromatic rings. The van der Waals surface area contributed by atoms with Crippen molar-refractivity contribution in [1.29, 1.82) is 0 Å². The van der Waals surface area contributed by atoms with Crippen molar-refractivity contribution in [2.45, 2.75) is 26.2 Å². The van der Waals surface area contributed by atoms with Gasteiger partial charge in [0.1, 0.15) is 6.26 Å². The van der Waals surface area contributed by atoms with Gasteiger partial charge in [0.2, 0.25) is 16.9 Å². The summed E-state index contributed by atoms with van der Waals surface area (Å²) in [5.74, 6) is -1.60. The third-order valence-electron chi connectivity index (χ3n) is 2.01. The van der Waals surface area contributed by atoms with E-state index in [-0.39, 0.29) is 11.5 Å². The summed E-state index contributed by atoms with van der Waals surface area (Å²) in [6.07, 6.45) is 3.99. The molecule has 0 aliphatic carbocycles. The first-order valence-corrected chi connectivity index (χ1v) is 5.14. The third-order valence-corrected chi connectivity index (χ3v) is 2.01. The maximum absolute atomic E-state index is 11.4. The average Bonchev–Trinajstić information content (AvgIpc) is 2.26. The first-order chi connectivity index (χ1) is 7.65. The minimum absolute atomic E-state index is 0.0566. The summed E-state index contributed by atoms with van der Waals surface area (Å²) in [7, 11) is 0. The Labute approximate surface area is 92.7 Å². The van der Waals surface area contributed by atoms with Crippen LogP contribution in [0.3, 0.4) is 0 Å². The van der Waals surface area contributed by atoms with Gasteiger partial charge in [-0.25, -0.2) is 4.79 Å². The van der Waals surface area contributed by atoms with Crippen LogP contribution in [-0.4, -0.2) is 17.7 Å². The summed E-state index contributed by atoms with van der Waals surface area (Å²) < 4.78 is 9.91. The number of hydrogen-bond donors (Lipinski definition) is 1. The molecule has 0 amide bonds. The number of carbonyl (C=O) groups is 1. The average molecular weight is 226 g/mol. The Hall–Kier alpha value is -1.78. The van der Waals surface area contributed by atoms with Crippen molar-refractivity contribution in [1.82, 2.24) is 0 Å². The van der Waals surface area contributed by atoms with Crippen LogP contribution in [0.5, 0.6) is 5.75 Å². The van der Waals surface area contributed by atoms with Crippen molar-refractivity contribution in [2.24, 2.45) is 0 Å². The van der Waals surface area contributed by atoms with Crippen LogP contribution in [0.4, 0.5) is 0 Å². The van der Waals surface area contributed by atoms with Gasteiger partial charge in [-0.15, -0.1) is 0 Å². The summed E-state index contributed by atoms with van der Waals surface area (Å²) in [5.41, 5.74) is -0.472. The molecule has 0 bridgehead atoms. The minimum atomic E-state index is -1.27. The maximum Gasteiger partial charge on any atom is 0.371 e. The third kappa shape index (κ3) is 3.42. The molecule has 0 radical (unpaired) electrons. The minimum Gasteiger partial charge on any atom is -0.487 e. The Balaban J connectivity index is 2.61. The van der Waals surface area contributed by atoms with Gasteiger partial charge in [0.05, 0.1) is 6.61 Å². The normalized spacial score (nSPS) is 10.1. The second kappa shape index (κ2) is 5.95. The molecule has 0 aromatic carbocycles. The fourth-order valence-electron chi connectivity index (χ4n) is 1.15. The van der Waals surface area contributed by atoms with Gasteiger partial charge in [-0.05, 0) is 6.42 Å². The Bertz CT molecular complexity index is 407. The van der Waals surface area contributed by atoms with Gasteiger partial charge in [-0.2, -0.15) is 0 Å². The SMILES string of the molecule is CCCCCOc1coc(C(=O)O)cc1=O. The molecule has 1 heterocycles. The van der Waals surface area contributed by atoms with Crippen molar-refractivity contribution in [2.75, 3.05) is 6.61 Å². The highest BCUT2D eigenvalue weighted by atomic mass is 16.5. The fraction of sp³-hybridized carbons (Fsp3) is 0.455. The standard InChI is InChI=1S/C11H14O5/c1-2-3-4-5-15-10-7-16-9(11(13)14)6-8(10)12/h6-7H,2-5H2,1H3,(H,13,14). The molecule has 0 saturated carbocycles. The highest BCUT2D eigenvalue weighted by molar-refractivity contribution is 5.84. The number of rotatable bonds is 6. The highest BCUT2D eigenvalue weighted by Crippen LogP contribution is 2.06. The van der Waals surface area contributed by atoms with Crippen LogP contribution in [0.1, 0.15) is 36.7 Å². The molecule has 0 atom stereocenters. The Morgan fingerprint density at radius 3 is 2.81 bits per heavy atom. The lowest BCUT2D eigenvalue weighted by Gasteiger charge is -2.03. The van der Waals surface area contributed by atoms with Gasteiger partial charge in [0, 0.05) is 6.07 Å². The van der Waals surface area contributed by atoms with E-state index in [1.165, 1.54) is 0 Å². The second-order valence-electron chi connectivity index (χ2n) is 3.33. The number of hydrogen-bond acceptors (Lipinski definition) is 4. The molecule has 1 N–H and O–H groups in total. The number of ether oxygens (including phenoxy) is 1. The van der Waals surface area contributed by atoms with Crippen molar-refractivity contribution in [3.05, 3.63) is 28.3 Å². The Morgan fingerprint density at radius 2 is 2.25 bits per heavy atom. The van der Waals surface area contributed by atoms with Gasteiger partial charge in [0.25, 0.3) is 0 Å². The molecule has 0 unspecified atom stereocenters. The molecule has 0 saturated heterocycles. The van der Waals surface area contributed by atoms with Gasteiger partial charge < -0.3 is 14.3 Å². The largest absolute Gasteiger partial charge is 0.487 e. The van der Waals surface area contributed by atoms with E-state index in [9.17, 15) is 9.59 Å². The molecular formula is C11H14O5. The van der Waals surface area contributed by atoms with E-state index in [1.807, 2.05) is 0 Å². The molecule has 5 heteroatoms. The van der Waals surface area contributed by atoms with Crippen LogP contribution < -0.4 is 10.2 Å². The molecule has 0 aliphatic heterocycles. The van der Waals surface area contributed by atoms with Crippen LogP contribution >= 0.6 is 0 Å². The molecule has 0 spiro atoms. The monoisotopic (exact) mass is 226 g/mol. The van der Waals surface area contributed by atoms with E-state index in [0.717, 1.165) is 31.6 Å². The quantitative estimate of drug-likeness (QED) is 0.749. The topological polar surface area (TPSA) is 76.7 Å². The van der Waals surface area contributed by atoms with E-state index in [2.05, 4.69) is 6.92 Å². The summed E-state index contributed by atoms with van der Waals surface area (Å²) in [4.78, 5) is 21.9. The van der Waals surface area contributed by atoms with Gasteiger partial charge in [-0.3, -0.25) is 4.79 Å². The van der Waals surface area contributed by atoms with Crippen LogP contribution in [0.2, 0.25) is 0 Å². The van der Waals surface area contributed by atoms with Crippen LogP contribution in [0.25, 0.3) is 0 Å². The predicted octanol–water partition coefficient (Wildman–Crippen LogP) is 1.91. The molecule has 0 aliphatic rings. The zero-order valence-electron chi connectivity index (χ0n) is 9.06. The van der Waals surface area contributed by atoms with E-state index >= 15 is 0 Å². The molecular weight excluding hydrogens is 212 g/mol. The summed E-state index contributed by atoms with van der Waals surface area (Å²) >= 11 is 0. The maximum atomic E-state index is 11.4. The van der Waals surface area contributed by atoms with Crippen LogP contribution in [-0.2, 0) is 0 Å². The highest BCUT2D eigenvalue weighted by Gasteiger charge is 2.09. The number of unbranched alkanes of at least 4 members (excludes halogenated alkanes) is 2. The molecule has 5 nitrogen and oxygen atoms in total. The van der Waals surface area contributed by atoms with Crippen LogP contribution in [0.15, 0.2) is 21.5 Å². The van der Waals surface area contributed by atoms with E-state index in [0.29, 0.717) is 6.61 Å². The number of aromatic carboxylic acids is 1. The number of carboxylic acid groups (broad SMARTS) is 1. The fourth-order valence-corrected chi connectivity index (χ4v) is 1.15. The molecule has 88 valence electrons. The second-order valence-corrected chi connectivity index (χ2v) is 3.33. The van der Waals surface area contributed by atoms with Crippen molar-refractivity contribution in [3.8, 4) is 5.75 Å². The lowest BCUT2D eigenvalue weighted by atomic mass is 10.3. The number of carboxylic acids is 1. The molecule has 1 aromatic heterocycles. The lowest BCUT2D eigenvalue weighted by molar-refractivity contribution is 0.0658. The zero-order chi connectivity index (χ0) is 12.0. The first-order valence-electron chi connectivity index (χ1n) is 5.14. The van der Waals surface area contributed by atoms with Crippen LogP contribution in [0, 0.1) is 0 Å². The smallest absolute Gasteiger partial charge is 0.371 e. The zero-order valence-corrected chi connectivity index (χ0v) is 9.06. The lowest BCUT2D eigenvalue weighted by Crippen LogP contribution is -2.10. The summed E-state index contributed by atoms with van der Waals surface area (Å²) in [6.45, 7) is 2.50. The summed E-state index contributed by atoms with van der Waals surface area (Å²) in [6, 6.07) is 0.914. The first kappa shape index (κ1) is 12.3. The molecule has 0 fully saturated rings. The van der Waals surface area contributed by atoms with Crippen molar-refractivity contribution in [3.63, 3.8) is 0 Å². The van der Waals surface area contributed by atoms with Crippen molar-refractivity contribution < 1.29 is 19.1 Å². The van der Waals surface area contributed by atoms with E-state index in [4.69, 9.17) is 14.3 Å². The Morgan fingerprint density at radius 1 is 1.50 bits per heavy atom. The van der Waals surface area contributed by atoms with Gasteiger partial charge in [-0.1, -0.05) is 19.8 Å². The molecule has 16 heavy (non-hydrogen) atoms. The van der Waals surface area contributed by atoms with Crippen molar-refractivity contribution >= 4 is 5.97 Å². The Kier molecular flexibility index (Phi) is 4.57. The molecule has 1 rings (SSSR count). The van der Waals surface area contributed by atoms with Gasteiger partial charge in [0.15, 0.2) is 0 Å². The van der Waals surface area contributed by atoms with E-state index in [1.54, 1.807) is 0 Å². The predicted molar refractivity (Wildman–Crippen MR) is 57.0 cm³/mol. The van der Waals surface area contributed by atoms with Gasteiger partial charge >= 0.3 is 5.97 Å². The van der Waals surface area contributed by atoms with E-state index < -0.39 is 11.4 Å². The summed E-state index contributed by atoms with van der Waals surface area (Å²) in [5, 5.41) is 8.57.